The molecule has 2 unspecified atom stereocenters. The Morgan fingerprint density at radius 2 is 1.89 bits per heavy atom. The Labute approximate surface area is 115 Å². The van der Waals surface area contributed by atoms with Crippen LogP contribution in [0.3, 0.4) is 0 Å². The van der Waals surface area contributed by atoms with Crippen molar-refractivity contribution in [2.24, 2.45) is 5.92 Å². The van der Waals surface area contributed by atoms with Crippen molar-refractivity contribution in [2.45, 2.75) is 44.3 Å². The molecule has 3 nitrogen and oxygen atoms in total. The van der Waals surface area contributed by atoms with Gasteiger partial charge >= 0.3 is 0 Å². The number of benzene rings is 1. The summed E-state index contributed by atoms with van der Waals surface area (Å²) in [5, 5.41) is 13.2. The monoisotopic (exact) mass is 260 g/mol. The van der Waals surface area contributed by atoms with E-state index in [1.54, 1.807) is 6.07 Å². The van der Waals surface area contributed by atoms with Gasteiger partial charge in [-0.05, 0) is 51.3 Å². The van der Waals surface area contributed by atoms with E-state index in [0.29, 0.717) is 5.75 Å². The van der Waals surface area contributed by atoms with Crippen molar-refractivity contribution >= 4 is 0 Å². The molecule has 0 saturated carbocycles. The molecule has 2 N–H and O–H groups in total. The molecule has 3 heteroatoms. The second kappa shape index (κ2) is 5.51. The van der Waals surface area contributed by atoms with Crippen LogP contribution in [-0.2, 0) is 6.54 Å². The Morgan fingerprint density at radius 1 is 1.21 bits per heavy atom. The predicted octanol–water partition coefficient (Wildman–Crippen LogP) is 2.35. The van der Waals surface area contributed by atoms with Gasteiger partial charge in [0.2, 0.25) is 0 Å². The average Bonchev–Trinajstić information content (AvgIpc) is 2.64. The minimum absolute atomic E-state index is 0.401. The van der Waals surface area contributed by atoms with E-state index >= 15 is 0 Å². The Bertz CT molecular complexity index is 421. The quantitative estimate of drug-likeness (QED) is 0.872. The Balaban J connectivity index is 1.48. The minimum Gasteiger partial charge on any atom is -0.508 e. The summed E-state index contributed by atoms with van der Waals surface area (Å²) in [6, 6.07) is 9.22. The fourth-order valence-electron chi connectivity index (χ4n) is 3.76. The predicted molar refractivity (Wildman–Crippen MR) is 77.1 cm³/mol. The van der Waals surface area contributed by atoms with Crippen LogP contribution in [0.1, 0.15) is 31.2 Å². The normalized spacial score (nSPS) is 30.7. The molecule has 0 spiro atoms. The number of para-hydroxylation sites is 1. The molecule has 2 atom stereocenters. The molecule has 104 valence electrons. The summed E-state index contributed by atoms with van der Waals surface area (Å²) < 4.78 is 0. The first-order valence-electron chi connectivity index (χ1n) is 7.43. The maximum absolute atomic E-state index is 9.73. The standard InChI is InChI=1S/C16H24N2O/c1-18-14-6-7-15(18)9-12(8-14)10-17-11-13-4-2-3-5-16(13)19/h2-5,12,14-15,17,19H,6-11H2,1H3. The summed E-state index contributed by atoms with van der Waals surface area (Å²) in [7, 11) is 2.29. The second-order valence-electron chi connectivity index (χ2n) is 6.15. The van der Waals surface area contributed by atoms with Crippen molar-refractivity contribution in [3.8, 4) is 5.75 Å². The summed E-state index contributed by atoms with van der Waals surface area (Å²) in [4.78, 5) is 2.58. The highest BCUT2D eigenvalue weighted by atomic mass is 16.3. The van der Waals surface area contributed by atoms with Gasteiger partial charge in [0.15, 0.2) is 0 Å². The molecule has 0 aliphatic carbocycles. The highest BCUT2D eigenvalue weighted by Gasteiger charge is 2.37. The lowest BCUT2D eigenvalue weighted by atomic mass is 9.91. The molecule has 3 rings (SSSR count). The molecule has 19 heavy (non-hydrogen) atoms. The molecule has 2 aliphatic rings. The van der Waals surface area contributed by atoms with Crippen LogP contribution in [0, 0.1) is 5.92 Å². The molecule has 0 amide bonds. The van der Waals surface area contributed by atoms with Crippen LogP contribution in [-0.4, -0.2) is 35.7 Å². The molecule has 2 heterocycles. The number of hydrogen-bond donors (Lipinski definition) is 2. The van der Waals surface area contributed by atoms with Crippen molar-refractivity contribution in [1.82, 2.24) is 10.2 Å². The van der Waals surface area contributed by atoms with Gasteiger partial charge in [0, 0.05) is 24.2 Å². The van der Waals surface area contributed by atoms with E-state index in [2.05, 4.69) is 17.3 Å². The first-order chi connectivity index (χ1) is 9.24. The maximum atomic E-state index is 9.73. The van der Waals surface area contributed by atoms with Crippen LogP contribution < -0.4 is 5.32 Å². The summed E-state index contributed by atoms with van der Waals surface area (Å²) in [6.45, 7) is 1.85. The average molecular weight is 260 g/mol. The van der Waals surface area contributed by atoms with Gasteiger partial charge in [-0.25, -0.2) is 0 Å². The topological polar surface area (TPSA) is 35.5 Å². The van der Waals surface area contributed by atoms with E-state index in [-0.39, 0.29) is 0 Å². The molecular weight excluding hydrogens is 236 g/mol. The van der Waals surface area contributed by atoms with E-state index in [0.717, 1.165) is 36.7 Å². The van der Waals surface area contributed by atoms with Crippen molar-refractivity contribution in [1.29, 1.82) is 0 Å². The number of fused-ring (bicyclic) bond motifs is 2. The molecule has 1 aromatic carbocycles. The first kappa shape index (κ1) is 12.9. The molecule has 2 fully saturated rings. The van der Waals surface area contributed by atoms with E-state index in [1.807, 2.05) is 18.2 Å². The zero-order valence-corrected chi connectivity index (χ0v) is 11.7. The molecule has 0 aromatic heterocycles. The molecule has 0 radical (unpaired) electrons. The van der Waals surface area contributed by atoms with Gasteiger partial charge in [-0.1, -0.05) is 18.2 Å². The highest BCUT2D eigenvalue weighted by molar-refractivity contribution is 5.31. The maximum Gasteiger partial charge on any atom is 0.120 e. The van der Waals surface area contributed by atoms with Crippen LogP contribution in [0.15, 0.2) is 24.3 Å². The van der Waals surface area contributed by atoms with Crippen molar-refractivity contribution in [3.63, 3.8) is 0 Å². The van der Waals surface area contributed by atoms with Crippen molar-refractivity contribution < 1.29 is 5.11 Å². The summed E-state index contributed by atoms with van der Waals surface area (Å²) in [5.41, 5.74) is 0.999. The van der Waals surface area contributed by atoms with Crippen LogP contribution >= 0.6 is 0 Å². The SMILES string of the molecule is CN1C2CCC1CC(CNCc1ccccc1O)C2. The molecule has 1 aromatic rings. The number of piperidine rings is 1. The third kappa shape index (κ3) is 2.77. The number of aromatic hydroxyl groups is 1. The van der Waals surface area contributed by atoms with Crippen LogP contribution in [0.5, 0.6) is 5.75 Å². The number of hydrogen-bond acceptors (Lipinski definition) is 3. The number of rotatable bonds is 4. The van der Waals surface area contributed by atoms with Crippen molar-refractivity contribution in [3.05, 3.63) is 29.8 Å². The van der Waals surface area contributed by atoms with E-state index in [1.165, 1.54) is 25.7 Å². The van der Waals surface area contributed by atoms with Gasteiger partial charge < -0.3 is 15.3 Å². The summed E-state index contributed by atoms with van der Waals surface area (Å²) >= 11 is 0. The fraction of sp³-hybridized carbons (Fsp3) is 0.625. The third-order valence-corrected chi connectivity index (χ3v) is 4.94. The Kier molecular flexibility index (Phi) is 3.76. The summed E-state index contributed by atoms with van der Waals surface area (Å²) in [6.07, 6.45) is 5.44. The lowest BCUT2D eigenvalue weighted by molar-refractivity contribution is 0.133. The van der Waals surface area contributed by atoms with Gasteiger partial charge in [-0.15, -0.1) is 0 Å². The highest BCUT2D eigenvalue weighted by Crippen LogP contribution is 2.37. The first-order valence-corrected chi connectivity index (χ1v) is 7.43. The molecule has 2 bridgehead atoms. The fourth-order valence-corrected chi connectivity index (χ4v) is 3.76. The van der Waals surface area contributed by atoms with Crippen LogP contribution in [0.4, 0.5) is 0 Å². The molecule has 2 saturated heterocycles. The Hall–Kier alpha value is -1.06. The van der Waals surface area contributed by atoms with Gasteiger partial charge in [0.05, 0.1) is 0 Å². The van der Waals surface area contributed by atoms with Crippen LogP contribution in [0.2, 0.25) is 0 Å². The third-order valence-electron chi connectivity index (χ3n) is 4.94. The summed E-state index contributed by atoms with van der Waals surface area (Å²) in [5.74, 6) is 1.21. The van der Waals surface area contributed by atoms with Gasteiger partial charge in [-0.2, -0.15) is 0 Å². The largest absolute Gasteiger partial charge is 0.508 e. The number of phenolic OH excluding ortho intramolecular Hbond substituents is 1. The second-order valence-corrected chi connectivity index (χ2v) is 6.15. The molecule has 2 aliphatic heterocycles. The van der Waals surface area contributed by atoms with E-state index in [9.17, 15) is 5.11 Å². The minimum atomic E-state index is 0.401. The zero-order chi connectivity index (χ0) is 13.2. The van der Waals surface area contributed by atoms with E-state index < -0.39 is 0 Å². The van der Waals surface area contributed by atoms with Crippen LogP contribution in [0.25, 0.3) is 0 Å². The molecular formula is C16H24N2O. The Morgan fingerprint density at radius 3 is 2.58 bits per heavy atom. The van der Waals surface area contributed by atoms with Gasteiger partial charge in [-0.3, -0.25) is 0 Å². The lowest BCUT2D eigenvalue weighted by Gasteiger charge is -2.36. The van der Waals surface area contributed by atoms with Crippen molar-refractivity contribution in [2.75, 3.05) is 13.6 Å². The zero-order valence-electron chi connectivity index (χ0n) is 11.7. The lowest BCUT2D eigenvalue weighted by Crippen LogP contribution is -2.42. The number of phenols is 1. The van der Waals surface area contributed by atoms with Gasteiger partial charge in [0.1, 0.15) is 5.75 Å². The van der Waals surface area contributed by atoms with Gasteiger partial charge in [0.25, 0.3) is 0 Å². The smallest absolute Gasteiger partial charge is 0.120 e. The number of nitrogens with zero attached hydrogens (tertiary/aromatic N) is 1. The number of nitrogens with one attached hydrogen (secondary N) is 1. The van der Waals surface area contributed by atoms with E-state index in [4.69, 9.17) is 0 Å².